The Kier molecular flexibility index (Phi) is 6.88. The van der Waals surface area contributed by atoms with Gasteiger partial charge in [0.15, 0.2) is 0 Å². The molecule has 1 aromatic heterocycles. The largest absolute Gasteiger partial charge is 0.489 e. The van der Waals surface area contributed by atoms with Crippen molar-refractivity contribution < 1.29 is 24.0 Å². The third kappa shape index (κ3) is 5.73. The van der Waals surface area contributed by atoms with E-state index in [1.807, 2.05) is 37.6 Å². The number of nitrogens with zero attached hydrogens (tertiary/aromatic N) is 3. The lowest BCUT2D eigenvalue weighted by molar-refractivity contribution is -0.230. The summed E-state index contributed by atoms with van der Waals surface area (Å²) in [7, 11) is 0. The average molecular weight is 500 g/mol. The SMILES string of the molecule is CC(C)(C)OC(=O)N1CCC(Oc2cc(N3CCCC3)ccc2C2=Nc3cscc3COO2)CC1. The van der Waals surface area contributed by atoms with Crippen molar-refractivity contribution in [2.24, 2.45) is 4.99 Å². The molecule has 0 atom stereocenters. The third-order valence-electron chi connectivity index (χ3n) is 6.35. The summed E-state index contributed by atoms with van der Waals surface area (Å²) < 4.78 is 12.1. The molecule has 9 heteroatoms. The van der Waals surface area contributed by atoms with E-state index in [4.69, 9.17) is 24.2 Å². The molecular weight excluding hydrogens is 466 g/mol. The van der Waals surface area contributed by atoms with Crippen molar-refractivity contribution in [3.05, 3.63) is 40.1 Å². The minimum Gasteiger partial charge on any atom is -0.489 e. The monoisotopic (exact) mass is 499 g/mol. The molecule has 2 fully saturated rings. The Bertz CT molecular complexity index is 1080. The number of benzene rings is 1. The summed E-state index contributed by atoms with van der Waals surface area (Å²) in [6, 6.07) is 6.20. The minimum absolute atomic E-state index is 0.0229. The number of carbonyl (C=O) groups is 1. The maximum absolute atomic E-state index is 12.5. The molecule has 0 radical (unpaired) electrons. The zero-order chi connectivity index (χ0) is 24.4. The van der Waals surface area contributed by atoms with Crippen molar-refractivity contribution in [2.75, 3.05) is 31.1 Å². The number of aliphatic imine (C=N–C) groups is 1. The Morgan fingerprint density at radius 1 is 1.11 bits per heavy atom. The van der Waals surface area contributed by atoms with E-state index in [1.54, 1.807) is 16.2 Å². The molecule has 0 unspecified atom stereocenters. The number of thiophene rings is 1. The van der Waals surface area contributed by atoms with E-state index in [1.165, 1.54) is 12.8 Å². The fourth-order valence-electron chi connectivity index (χ4n) is 4.52. The molecule has 5 rings (SSSR count). The van der Waals surface area contributed by atoms with Gasteiger partial charge in [-0.25, -0.2) is 9.79 Å². The fourth-order valence-corrected chi connectivity index (χ4v) is 5.28. The lowest BCUT2D eigenvalue weighted by atomic mass is 10.1. The molecule has 188 valence electrons. The topological polar surface area (TPSA) is 72.8 Å². The summed E-state index contributed by atoms with van der Waals surface area (Å²) in [5.74, 6) is 1.13. The molecule has 35 heavy (non-hydrogen) atoms. The molecule has 2 saturated heterocycles. The van der Waals surface area contributed by atoms with Gasteiger partial charge in [-0.2, -0.15) is 4.89 Å². The lowest BCUT2D eigenvalue weighted by Gasteiger charge is -2.34. The summed E-state index contributed by atoms with van der Waals surface area (Å²) in [6.07, 6.45) is 3.57. The van der Waals surface area contributed by atoms with E-state index >= 15 is 0 Å². The average Bonchev–Trinajstić information content (AvgIpc) is 3.47. The van der Waals surface area contributed by atoms with Gasteiger partial charge in [0, 0.05) is 61.7 Å². The van der Waals surface area contributed by atoms with Gasteiger partial charge in [-0.15, -0.1) is 11.3 Å². The predicted molar refractivity (Wildman–Crippen MR) is 136 cm³/mol. The molecule has 0 bridgehead atoms. The van der Waals surface area contributed by atoms with Crippen LogP contribution in [0.25, 0.3) is 0 Å². The Balaban J connectivity index is 1.35. The Labute approximate surface area is 210 Å². The number of hydrogen-bond donors (Lipinski definition) is 0. The summed E-state index contributed by atoms with van der Waals surface area (Å²) in [6.45, 7) is 9.30. The highest BCUT2D eigenvalue weighted by Crippen LogP contribution is 2.34. The van der Waals surface area contributed by atoms with E-state index in [2.05, 4.69) is 17.0 Å². The molecule has 0 N–H and O–H groups in total. The number of piperidine rings is 1. The highest BCUT2D eigenvalue weighted by atomic mass is 32.1. The molecule has 1 amide bonds. The number of anilines is 1. The Morgan fingerprint density at radius 2 is 1.89 bits per heavy atom. The normalized spacial score (nSPS) is 19.0. The number of rotatable bonds is 4. The highest BCUT2D eigenvalue weighted by molar-refractivity contribution is 7.08. The lowest BCUT2D eigenvalue weighted by Crippen LogP contribution is -2.44. The second-order valence-electron chi connectivity index (χ2n) is 10.2. The molecule has 0 spiro atoms. The quantitative estimate of drug-likeness (QED) is 0.505. The van der Waals surface area contributed by atoms with Gasteiger partial charge in [-0.3, -0.25) is 0 Å². The second kappa shape index (κ2) is 10.1. The number of amides is 1. The summed E-state index contributed by atoms with van der Waals surface area (Å²) in [5, 5.41) is 4.02. The maximum atomic E-state index is 12.5. The van der Waals surface area contributed by atoms with Crippen LogP contribution < -0.4 is 9.64 Å². The number of ether oxygens (including phenoxy) is 2. The van der Waals surface area contributed by atoms with Gasteiger partial charge in [-0.05, 0) is 51.1 Å². The number of fused-ring (bicyclic) bond motifs is 1. The molecule has 0 aliphatic carbocycles. The van der Waals surface area contributed by atoms with Gasteiger partial charge in [0.1, 0.15) is 24.1 Å². The predicted octanol–water partition coefficient (Wildman–Crippen LogP) is 5.67. The Morgan fingerprint density at radius 3 is 2.63 bits per heavy atom. The molecule has 3 aliphatic heterocycles. The molecule has 8 nitrogen and oxygen atoms in total. The van der Waals surface area contributed by atoms with Crippen molar-refractivity contribution in [2.45, 2.75) is 64.8 Å². The molecule has 4 heterocycles. The summed E-state index contributed by atoms with van der Waals surface area (Å²) in [5.41, 5.74) is 3.28. The fraction of sp³-hybridized carbons (Fsp3) is 0.538. The first-order chi connectivity index (χ1) is 16.9. The number of likely N-dealkylation sites (tertiary alicyclic amines) is 1. The molecule has 0 saturated carbocycles. The van der Waals surface area contributed by atoms with Crippen LogP contribution >= 0.6 is 11.3 Å². The number of carbonyl (C=O) groups excluding carboxylic acids is 1. The summed E-state index contributed by atoms with van der Waals surface area (Å²) >= 11 is 1.60. The van der Waals surface area contributed by atoms with Crippen molar-refractivity contribution >= 4 is 34.7 Å². The van der Waals surface area contributed by atoms with Gasteiger partial charge in [-0.1, -0.05) is 0 Å². The van der Waals surface area contributed by atoms with E-state index in [0.29, 0.717) is 25.6 Å². The van der Waals surface area contributed by atoms with Gasteiger partial charge in [0.25, 0.3) is 5.90 Å². The van der Waals surface area contributed by atoms with Crippen LogP contribution in [0.1, 0.15) is 57.6 Å². The van der Waals surface area contributed by atoms with E-state index < -0.39 is 5.60 Å². The van der Waals surface area contributed by atoms with E-state index in [9.17, 15) is 4.79 Å². The smallest absolute Gasteiger partial charge is 0.410 e. The van der Waals surface area contributed by atoms with Crippen molar-refractivity contribution in [1.82, 2.24) is 4.90 Å². The third-order valence-corrected chi connectivity index (χ3v) is 7.13. The van der Waals surface area contributed by atoms with Crippen LogP contribution in [-0.2, 0) is 21.1 Å². The van der Waals surface area contributed by atoms with Crippen LogP contribution in [0.5, 0.6) is 5.75 Å². The first-order valence-electron chi connectivity index (χ1n) is 12.3. The van der Waals surface area contributed by atoms with Crippen LogP contribution in [0.3, 0.4) is 0 Å². The zero-order valence-corrected chi connectivity index (χ0v) is 21.4. The Hall–Kier alpha value is -2.78. The van der Waals surface area contributed by atoms with E-state index in [0.717, 1.165) is 54.2 Å². The second-order valence-corrected chi connectivity index (χ2v) is 10.9. The van der Waals surface area contributed by atoms with Gasteiger partial charge in [0.2, 0.25) is 0 Å². The highest BCUT2D eigenvalue weighted by Gasteiger charge is 2.29. The van der Waals surface area contributed by atoms with Crippen LogP contribution in [0.15, 0.2) is 34.0 Å². The molecule has 1 aromatic carbocycles. The minimum atomic E-state index is -0.501. The van der Waals surface area contributed by atoms with Crippen molar-refractivity contribution in [3.8, 4) is 5.75 Å². The van der Waals surface area contributed by atoms with Crippen LogP contribution in [0.4, 0.5) is 16.2 Å². The summed E-state index contributed by atoms with van der Waals surface area (Å²) in [4.78, 5) is 32.4. The van der Waals surface area contributed by atoms with Gasteiger partial charge >= 0.3 is 6.09 Å². The van der Waals surface area contributed by atoms with Crippen LogP contribution in [-0.4, -0.2) is 54.8 Å². The molecular formula is C26H33N3O5S. The zero-order valence-electron chi connectivity index (χ0n) is 20.6. The van der Waals surface area contributed by atoms with Crippen LogP contribution in [0.2, 0.25) is 0 Å². The standard InChI is InChI=1S/C26H33N3O5S/c1-26(2,3)33-25(30)29-12-8-20(9-13-29)32-23-14-19(28-10-4-5-11-28)6-7-21(23)24-27-22-17-35-16-18(22)15-31-34-24/h6-7,14,16-17,20H,4-5,8-13,15H2,1-3H3. The van der Waals surface area contributed by atoms with Crippen molar-refractivity contribution in [3.63, 3.8) is 0 Å². The maximum Gasteiger partial charge on any atom is 0.410 e. The van der Waals surface area contributed by atoms with Gasteiger partial charge < -0.3 is 24.2 Å². The van der Waals surface area contributed by atoms with Gasteiger partial charge in [0.05, 0.1) is 11.3 Å². The number of hydrogen-bond acceptors (Lipinski definition) is 8. The molecule has 2 aromatic rings. The van der Waals surface area contributed by atoms with Crippen LogP contribution in [0, 0.1) is 0 Å². The van der Waals surface area contributed by atoms with E-state index in [-0.39, 0.29) is 12.2 Å². The first-order valence-corrected chi connectivity index (χ1v) is 13.3. The first kappa shape index (κ1) is 23.9. The van der Waals surface area contributed by atoms with Crippen molar-refractivity contribution in [1.29, 1.82) is 0 Å². The molecule has 3 aliphatic rings.